The molecule has 1 saturated carbocycles. The quantitative estimate of drug-likeness (QED) is 0.845. The van der Waals surface area contributed by atoms with E-state index in [1.807, 2.05) is 18.2 Å². The Morgan fingerprint density at radius 2 is 1.71 bits per heavy atom. The van der Waals surface area contributed by atoms with Crippen LogP contribution in [-0.4, -0.2) is 21.8 Å². The molecular weight excluding hydrogens is 216 g/mol. The molecule has 0 radical (unpaired) electrons. The Balaban J connectivity index is 2.32. The van der Waals surface area contributed by atoms with Gasteiger partial charge in [-0.1, -0.05) is 49.6 Å². The average molecular weight is 234 g/mol. The zero-order chi connectivity index (χ0) is 12.3. The van der Waals surface area contributed by atoms with Gasteiger partial charge < -0.3 is 10.2 Å². The molecule has 3 heteroatoms. The number of carboxylic acids is 1. The van der Waals surface area contributed by atoms with Crippen molar-refractivity contribution in [3.63, 3.8) is 0 Å². The summed E-state index contributed by atoms with van der Waals surface area (Å²) in [5.74, 6) is -1.73. The van der Waals surface area contributed by atoms with E-state index in [0.29, 0.717) is 18.4 Å². The average Bonchev–Trinajstić information content (AvgIpc) is 2.30. The van der Waals surface area contributed by atoms with Crippen LogP contribution in [0.5, 0.6) is 0 Å². The highest BCUT2D eigenvalue weighted by molar-refractivity contribution is 5.77. The van der Waals surface area contributed by atoms with Crippen molar-refractivity contribution in [1.29, 1.82) is 0 Å². The van der Waals surface area contributed by atoms with Crippen LogP contribution < -0.4 is 0 Å². The van der Waals surface area contributed by atoms with Crippen LogP contribution >= 0.6 is 0 Å². The first-order chi connectivity index (χ1) is 8.13. The Kier molecular flexibility index (Phi) is 3.48. The number of rotatable bonds is 3. The fourth-order valence-corrected chi connectivity index (χ4v) is 2.78. The molecule has 3 nitrogen and oxygen atoms in total. The molecule has 0 aromatic heterocycles. The fraction of sp³-hybridized carbons (Fsp3) is 0.500. The van der Waals surface area contributed by atoms with E-state index in [1.165, 1.54) is 0 Å². The Bertz CT molecular complexity index is 380. The van der Waals surface area contributed by atoms with Gasteiger partial charge in [0.15, 0.2) is 0 Å². The molecule has 0 heterocycles. The maximum atomic E-state index is 11.4. The molecule has 1 atom stereocenters. The first-order valence-electron chi connectivity index (χ1n) is 6.14. The first-order valence-corrected chi connectivity index (χ1v) is 6.14. The van der Waals surface area contributed by atoms with Crippen molar-refractivity contribution < 1.29 is 15.0 Å². The Hall–Kier alpha value is -1.35. The van der Waals surface area contributed by atoms with E-state index in [1.54, 1.807) is 12.1 Å². The molecule has 2 N–H and O–H groups in total. The summed E-state index contributed by atoms with van der Waals surface area (Å²) in [7, 11) is 0. The molecule has 0 bridgehead atoms. The summed E-state index contributed by atoms with van der Waals surface area (Å²) >= 11 is 0. The summed E-state index contributed by atoms with van der Waals surface area (Å²) in [5, 5.41) is 20.0. The number of aliphatic hydroxyl groups is 1. The molecule has 92 valence electrons. The predicted octanol–water partition coefficient (Wildman–Crippen LogP) is 2.55. The monoisotopic (exact) mass is 234 g/mol. The van der Waals surface area contributed by atoms with E-state index in [0.717, 1.165) is 19.3 Å². The van der Waals surface area contributed by atoms with Gasteiger partial charge in [0, 0.05) is 0 Å². The van der Waals surface area contributed by atoms with Crippen molar-refractivity contribution in [1.82, 2.24) is 0 Å². The van der Waals surface area contributed by atoms with Gasteiger partial charge in [-0.25, -0.2) is 0 Å². The number of hydrogen-bond donors (Lipinski definition) is 2. The Labute approximate surface area is 101 Å². The van der Waals surface area contributed by atoms with E-state index in [4.69, 9.17) is 0 Å². The second-order valence-electron chi connectivity index (χ2n) is 4.85. The molecule has 0 aliphatic heterocycles. The highest BCUT2D eigenvalue weighted by Crippen LogP contribution is 2.39. The molecule has 1 fully saturated rings. The molecule has 2 rings (SSSR count). The lowest BCUT2D eigenvalue weighted by atomic mass is 9.73. The zero-order valence-electron chi connectivity index (χ0n) is 9.80. The molecule has 1 aliphatic carbocycles. The third-order valence-electron chi connectivity index (χ3n) is 3.64. The predicted molar refractivity (Wildman–Crippen MR) is 64.9 cm³/mol. The molecule has 17 heavy (non-hydrogen) atoms. The second kappa shape index (κ2) is 4.88. The number of aliphatic carboxylic acids is 1. The third kappa shape index (κ3) is 2.50. The van der Waals surface area contributed by atoms with Gasteiger partial charge in [0.1, 0.15) is 5.92 Å². The number of carboxylic acid groups (broad SMARTS) is 1. The van der Waals surface area contributed by atoms with Crippen molar-refractivity contribution in [2.75, 3.05) is 0 Å². The van der Waals surface area contributed by atoms with Gasteiger partial charge in [0.2, 0.25) is 0 Å². The summed E-state index contributed by atoms with van der Waals surface area (Å²) in [6.07, 6.45) is 4.07. The molecule has 0 unspecified atom stereocenters. The largest absolute Gasteiger partial charge is 0.481 e. The molecule has 1 aliphatic rings. The van der Waals surface area contributed by atoms with E-state index in [-0.39, 0.29) is 0 Å². The second-order valence-corrected chi connectivity index (χ2v) is 4.85. The van der Waals surface area contributed by atoms with Crippen LogP contribution in [0.15, 0.2) is 30.3 Å². The standard InChI is InChI=1S/C14H18O3/c15-13(16)12(11-7-3-1-4-8-11)14(17)9-5-2-6-10-14/h1,3-4,7-8,12,17H,2,5-6,9-10H2,(H,15,16)/t12-/m1/s1. The highest BCUT2D eigenvalue weighted by atomic mass is 16.4. The van der Waals surface area contributed by atoms with Crippen LogP contribution in [0, 0.1) is 0 Å². The summed E-state index contributed by atoms with van der Waals surface area (Å²) < 4.78 is 0. The van der Waals surface area contributed by atoms with Crippen molar-refractivity contribution >= 4 is 5.97 Å². The maximum absolute atomic E-state index is 11.4. The smallest absolute Gasteiger partial charge is 0.313 e. The SMILES string of the molecule is O=C(O)[C@@H](c1ccccc1)C1(O)CCCCC1. The van der Waals surface area contributed by atoms with Gasteiger partial charge in [0.05, 0.1) is 5.60 Å². The molecule has 0 spiro atoms. The van der Waals surface area contributed by atoms with Crippen molar-refractivity contribution in [3.8, 4) is 0 Å². The lowest BCUT2D eigenvalue weighted by Crippen LogP contribution is -2.42. The highest BCUT2D eigenvalue weighted by Gasteiger charge is 2.43. The van der Waals surface area contributed by atoms with Crippen molar-refractivity contribution in [2.45, 2.75) is 43.6 Å². The van der Waals surface area contributed by atoms with Crippen LogP contribution in [0.3, 0.4) is 0 Å². The normalized spacial score (nSPS) is 20.8. The van der Waals surface area contributed by atoms with Gasteiger partial charge in [-0.05, 0) is 18.4 Å². The summed E-state index contributed by atoms with van der Waals surface area (Å²) in [6, 6.07) is 9.05. The molecular formula is C14H18O3. The van der Waals surface area contributed by atoms with Gasteiger partial charge in [-0.3, -0.25) is 4.79 Å². The summed E-state index contributed by atoms with van der Waals surface area (Å²) in [5.41, 5.74) is -0.379. The lowest BCUT2D eigenvalue weighted by molar-refractivity contribution is -0.147. The van der Waals surface area contributed by atoms with E-state index in [2.05, 4.69) is 0 Å². The lowest BCUT2D eigenvalue weighted by Gasteiger charge is -2.37. The minimum atomic E-state index is -1.08. The van der Waals surface area contributed by atoms with Crippen molar-refractivity contribution in [2.24, 2.45) is 0 Å². The molecule has 0 amide bonds. The van der Waals surface area contributed by atoms with E-state index >= 15 is 0 Å². The van der Waals surface area contributed by atoms with Gasteiger partial charge in [-0.15, -0.1) is 0 Å². The van der Waals surface area contributed by atoms with Gasteiger partial charge in [-0.2, -0.15) is 0 Å². The van der Waals surface area contributed by atoms with E-state index < -0.39 is 17.5 Å². The van der Waals surface area contributed by atoms with Crippen LogP contribution in [0.2, 0.25) is 0 Å². The summed E-state index contributed by atoms with van der Waals surface area (Å²) in [4.78, 5) is 11.4. The van der Waals surface area contributed by atoms with Gasteiger partial charge in [0.25, 0.3) is 0 Å². The van der Waals surface area contributed by atoms with Gasteiger partial charge >= 0.3 is 5.97 Å². The number of benzene rings is 1. The number of carbonyl (C=O) groups is 1. The number of hydrogen-bond acceptors (Lipinski definition) is 2. The molecule has 1 aromatic carbocycles. The maximum Gasteiger partial charge on any atom is 0.313 e. The third-order valence-corrected chi connectivity index (χ3v) is 3.64. The minimum absolute atomic E-state index is 0.582. The van der Waals surface area contributed by atoms with E-state index in [9.17, 15) is 15.0 Å². The van der Waals surface area contributed by atoms with Crippen LogP contribution in [-0.2, 0) is 4.79 Å². The zero-order valence-corrected chi connectivity index (χ0v) is 9.80. The van der Waals surface area contributed by atoms with Crippen molar-refractivity contribution in [3.05, 3.63) is 35.9 Å². The topological polar surface area (TPSA) is 57.5 Å². The first kappa shape index (κ1) is 12.1. The Morgan fingerprint density at radius 3 is 2.24 bits per heavy atom. The summed E-state index contributed by atoms with van der Waals surface area (Å²) in [6.45, 7) is 0. The fourth-order valence-electron chi connectivity index (χ4n) is 2.78. The molecule has 1 aromatic rings. The van der Waals surface area contributed by atoms with Crippen LogP contribution in [0.1, 0.15) is 43.6 Å². The van der Waals surface area contributed by atoms with Crippen LogP contribution in [0.4, 0.5) is 0 Å². The minimum Gasteiger partial charge on any atom is -0.481 e. The van der Waals surface area contributed by atoms with Crippen LogP contribution in [0.25, 0.3) is 0 Å². The molecule has 0 saturated heterocycles. The Morgan fingerprint density at radius 1 is 1.12 bits per heavy atom.